The summed E-state index contributed by atoms with van der Waals surface area (Å²) in [5.74, 6) is -0.226. The number of benzene rings is 2. The molecule has 7 heteroatoms. The zero-order valence-electron chi connectivity index (χ0n) is 18.5. The molecule has 1 fully saturated rings. The number of carbonyl (C=O) groups is 2. The summed E-state index contributed by atoms with van der Waals surface area (Å²) in [7, 11) is 1.62. The second-order valence-electron chi connectivity index (χ2n) is 8.19. The maximum atomic E-state index is 14.0. The first-order chi connectivity index (χ1) is 15.6. The van der Waals surface area contributed by atoms with Gasteiger partial charge >= 0.3 is 0 Å². The molecule has 0 aliphatic heterocycles. The van der Waals surface area contributed by atoms with Crippen molar-refractivity contribution in [3.05, 3.63) is 59.9 Å². The lowest BCUT2D eigenvalue weighted by Crippen LogP contribution is -2.48. The Morgan fingerprint density at radius 1 is 1.03 bits per heavy atom. The van der Waals surface area contributed by atoms with E-state index >= 15 is 0 Å². The first-order valence-corrected chi connectivity index (χ1v) is 11.3. The maximum Gasteiger partial charge on any atom is 0.254 e. The number of hydrogen-bond donors (Lipinski definition) is 3. The topological polar surface area (TPSA) is 79.5 Å². The summed E-state index contributed by atoms with van der Waals surface area (Å²) in [4.78, 5) is 25.5. The molecule has 2 amide bonds. The quantitative estimate of drug-likeness (QED) is 0.485. The maximum absolute atomic E-state index is 14.0. The number of amides is 2. The van der Waals surface area contributed by atoms with Crippen molar-refractivity contribution in [2.75, 3.05) is 25.5 Å². The molecule has 2 aromatic carbocycles. The highest BCUT2D eigenvalue weighted by Crippen LogP contribution is 2.27. The van der Waals surface area contributed by atoms with Crippen LogP contribution in [0.4, 0.5) is 10.1 Å². The summed E-state index contributed by atoms with van der Waals surface area (Å²) in [6.07, 6.45) is 6.18. The first kappa shape index (κ1) is 23.6. The van der Waals surface area contributed by atoms with E-state index in [1.54, 1.807) is 13.2 Å². The van der Waals surface area contributed by atoms with Gasteiger partial charge in [0, 0.05) is 18.8 Å². The molecule has 6 nitrogen and oxygen atoms in total. The molecular formula is C25H32FN3O3. The van der Waals surface area contributed by atoms with Gasteiger partial charge < -0.3 is 20.7 Å². The SMILES string of the molecule is COc1ccc(NCCNC(=O)C(CC2CCCCC2)NC(=O)c2ccccc2F)cc1. The fourth-order valence-corrected chi connectivity index (χ4v) is 4.09. The lowest BCUT2D eigenvalue weighted by Gasteiger charge is -2.26. The predicted molar refractivity (Wildman–Crippen MR) is 123 cm³/mol. The van der Waals surface area contributed by atoms with Crippen molar-refractivity contribution in [3.8, 4) is 5.75 Å². The Morgan fingerprint density at radius 2 is 1.75 bits per heavy atom. The molecule has 1 atom stereocenters. The van der Waals surface area contributed by atoms with Crippen molar-refractivity contribution in [1.82, 2.24) is 10.6 Å². The van der Waals surface area contributed by atoms with Gasteiger partial charge in [-0.25, -0.2) is 4.39 Å². The largest absolute Gasteiger partial charge is 0.497 e. The third-order valence-corrected chi connectivity index (χ3v) is 5.88. The zero-order chi connectivity index (χ0) is 22.8. The van der Waals surface area contributed by atoms with Gasteiger partial charge in [0.2, 0.25) is 5.91 Å². The third-order valence-electron chi connectivity index (χ3n) is 5.88. The highest BCUT2D eigenvalue weighted by atomic mass is 19.1. The van der Waals surface area contributed by atoms with Crippen molar-refractivity contribution < 1.29 is 18.7 Å². The molecule has 3 rings (SSSR count). The summed E-state index contributed by atoms with van der Waals surface area (Å²) in [6, 6.07) is 12.7. The van der Waals surface area contributed by atoms with E-state index in [1.807, 2.05) is 24.3 Å². The molecule has 1 saturated carbocycles. The van der Waals surface area contributed by atoms with Crippen LogP contribution in [0.15, 0.2) is 48.5 Å². The van der Waals surface area contributed by atoms with Crippen LogP contribution in [0.25, 0.3) is 0 Å². The van der Waals surface area contributed by atoms with Gasteiger partial charge in [-0.05, 0) is 48.7 Å². The average Bonchev–Trinajstić information content (AvgIpc) is 2.82. The van der Waals surface area contributed by atoms with Crippen molar-refractivity contribution >= 4 is 17.5 Å². The Balaban J connectivity index is 1.55. The van der Waals surface area contributed by atoms with Gasteiger partial charge in [-0.1, -0.05) is 44.2 Å². The summed E-state index contributed by atoms with van der Waals surface area (Å²) < 4.78 is 19.2. The Morgan fingerprint density at radius 3 is 2.44 bits per heavy atom. The van der Waals surface area contributed by atoms with E-state index in [0.717, 1.165) is 37.1 Å². The van der Waals surface area contributed by atoms with Crippen molar-refractivity contribution in [2.45, 2.75) is 44.6 Å². The first-order valence-electron chi connectivity index (χ1n) is 11.3. The van der Waals surface area contributed by atoms with Gasteiger partial charge in [-0.3, -0.25) is 9.59 Å². The molecule has 0 heterocycles. The molecule has 3 N–H and O–H groups in total. The molecular weight excluding hydrogens is 409 g/mol. The summed E-state index contributed by atoms with van der Waals surface area (Å²) >= 11 is 0. The summed E-state index contributed by atoms with van der Waals surface area (Å²) in [6.45, 7) is 0.942. The molecule has 32 heavy (non-hydrogen) atoms. The van der Waals surface area contributed by atoms with E-state index in [2.05, 4.69) is 16.0 Å². The van der Waals surface area contributed by atoms with Crippen LogP contribution in [0.5, 0.6) is 5.75 Å². The van der Waals surface area contributed by atoms with E-state index in [1.165, 1.54) is 24.6 Å². The lowest BCUT2D eigenvalue weighted by atomic mass is 9.84. The smallest absolute Gasteiger partial charge is 0.254 e. The minimum atomic E-state index is -0.689. The van der Waals surface area contributed by atoms with Gasteiger partial charge in [0.1, 0.15) is 17.6 Å². The molecule has 2 aromatic rings. The van der Waals surface area contributed by atoms with Gasteiger partial charge in [0.15, 0.2) is 0 Å². The monoisotopic (exact) mass is 441 g/mol. The van der Waals surface area contributed by atoms with Crippen LogP contribution in [0.3, 0.4) is 0 Å². The number of anilines is 1. The van der Waals surface area contributed by atoms with Crippen molar-refractivity contribution in [2.24, 2.45) is 5.92 Å². The van der Waals surface area contributed by atoms with E-state index < -0.39 is 17.8 Å². The molecule has 0 bridgehead atoms. The Kier molecular flexibility index (Phi) is 8.90. The van der Waals surface area contributed by atoms with Crippen LogP contribution < -0.4 is 20.7 Å². The minimum Gasteiger partial charge on any atom is -0.497 e. The Labute approximate surface area is 188 Å². The van der Waals surface area contributed by atoms with Crippen LogP contribution in [0.2, 0.25) is 0 Å². The number of halogens is 1. The molecule has 0 aromatic heterocycles. The normalized spacial score (nSPS) is 14.9. The fourth-order valence-electron chi connectivity index (χ4n) is 4.09. The van der Waals surface area contributed by atoms with Gasteiger partial charge in [-0.15, -0.1) is 0 Å². The molecule has 1 aliphatic carbocycles. The molecule has 1 unspecified atom stereocenters. The van der Waals surface area contributed by atoms with E-state index in [-0.39, 0.29) is 11.5 Å². The number of ether oxygens (including phenoxy) is 1. The number of methoxy groups -OCH3 is 1. The van der Waals surface area contributed by atoms with Crippen molar-refractivity contribution in [1.29, 1.82) is 0 Å². The predicted octanol–water partition coefficient (Wildman–Crippen LogP) is 4.13. The minimum absolute atomic E-state index is 0.0462. The number of nitrogens with one attached hydrogen (secondary N) is 3. The second-order valence-corrected chi connectivity index (χ2v) is 8.19. The van der Waals surface area contributed by atoms with Crippen LogP contribution in [0.1, 0.15) is 48.9 Å². The molecule has 0 radical (unpaired) electrons. The Hall–Kier alpha value is -3.09. The van der Waals surface area contributed by atoms with Crippen LogP contribution in [-0.2, 0) is 4.79 Å². The number of carbonyl (C=O) groups excluding carboxylic acids is 2. The standard InChI is InChI=1S/C25H32FN3O3/c1-32-20-13-11-19(12-14-20)27-15-16-28-25(31)23(17-18-7-3-2-4-8-18)29-24(30)21-9-5-6-10-22(21)26/h5-6,9-14,18,23,27H,2-4,7-8,15-17H2,1H3,(H,28,31)(H,29,30). The molecule has 0 spiro atoms. The molecule has 172 valence electrons. The molecule has 1 aliphatic rings. The van der Waals surface area contributed by atoms with Crippen LogP contribution in [0, 0.1) is 11.7 Å². The lowest BCUT2D eigenvalue weighted by molar-refractivity contribution is -0.123. The van der Waals surface area contributed by atoms with Crippen LogP contribution >= 0.6 is 0 Å². The zero-order valence-corrected chi connectivity index (χ0v) is 18.5. The number of rotatable bonds is 10. The van der Waals surface area contributed by atoms with Gasteiger partial charge in [0.05, 0.1) is 12.7 Å². The average molecular weight is 442 g/mol. The van der Waals surface area contributed by atoms with Gasteiger partial charge in [-0.2, -0.15) is 0 Å². The van der Waals surface area contributed by atoms with Crippen LogP contribution in [-0.4, -0.2) is 38.1 Å². The highest BCUT2D eigenvalue weighted by Gasteiger charge is 2.26. The number of hydrogen-bond acceptors (Lipinski definition) is 4. The highest BCUT2D eigenvalue weighted by molar-refractivity contribution is 5.97. The van der Waals surface area contributed by atoms with E-state index in [4.69, 9.17) is 4.74 Å². The summed E-state index contributed by atoms with van der Waals surface area (Å²) in [5, 5.41) is 8.91. The third kappa shape index (κ3) is 6.97. The van der Waals surface area contributed by atoms with E-state index in [9.17, 15) is 14.0 Å². The Bertz CT molecular complexity index is 882. The van der Waals surface area contributed by atoms with Crippen molar-refractivity contribution in [3.63, 3.8) is 0 Å². The summed E-state index contributed by atoms with van der Waals surface area (Å²) in [5.41, 5.74) is 0.877. The second kappa shape index (κ2) is 12.1. The molecule has 0 saturated heterocycles. The van der Waals surface area contributed by atoms with E-state index in [0.29, 0.717) is 25.4 Å². The van der Waals surface area contributed by atoms with Gasteiger partial charge in [0.25, 0.3) is 5.91 Å². The fraction of sp³-hybridized carbons (Fsp3) is 0.440.